The summed E-state index contributed by atoms with van der Waals surface area (Å²) in [6.45, 7) is 5.17. The van der Waals surface area contributed by atoms with E-state index in [1.165, 1.54) is 52.5 Å². The van der Waals surface area contributed by atoms with Crippen LogP contribution < -0.4 is 16.0 Å². The molecule has 0 radical (unpaired) electrons. The third kappa shape index (κ3) is 6.57. The van der Waals surface area contributed by atoms with Gasteiger partial charge in [-0.3, -0.25) is 19.8 Å². The maximum atomic E-state index is 13.3. The number of benzene rings is 2. The number of urea groups is 1. The van der Waals surface area contributed by atoms with Crippen molar-refractivity contribution in [1.29, 1.82) is 0 Å². The van der Waals surface area contributed by atoms with Crippen molar-refractivity contribution in [1.82, 2.24) is 19.8 Å². The molecule has 3 heterocycles. The Labute approximate surface area is 250 Å². The Kier molecular flexibility index (Phi) is 9.07. The van der Waals surface area contributed by atoms with Gasteiger partial charge in [0, 0.05) is 50.2 Å². The molecule has 42 heavy (non-hydrogen) atoms. The molecule has 222 valence electrons. The van der Waals surface area contributed by atoms with E-state index in [1.807, 2.05) is 18.2 Å². The lowest BCUT2D eigenvalue weighted by atomic mass is 10.0. The number of thiophene rings is 1. The number of hydrogen-bond donors (Lipinski definition) is 3. The van der Waals surface area contributed by atoms with Crippen LogP contribution in [0.5, 0.6) is 0 Å². The number of nitrogens with zero attached hydrogens (tertiary/aromatic N) is 2. The number of piperidine rings is 1. The zero-order valence-corrected chi connectivity index (χ0v) is 25.3. The maximum absolute atomic E-state index is 13.3. The third-order valence-corrected chi connectivity index (χ3v) is 10.8. The van der Waals surface area contributed by atoms with Gasteiger partial charge in [0.2, 0.25) is 10.0 Å². The molecule has 0 bridgehead atoms. The highest BCUT2D eigenvalue weighted by Crippen LogP contribution is 2.38. The molecule has 1 saturated heterocycles. The Morgan fingerprint density at radius 2 is 1.64 bits per heavy atom. The van der Waals surface area contributed by atoms with Crippen LogP contribution >= 0.6 is 11.3 Å². The van der Waals surface area contributed by atoms with E-state index < -0.39 is 27.9 Å². The third-order valence-electron chi connectivity index (χ3n) is 7.79. The second-order valence-electron chi connectivity index (χ2n) is 10.8. The van der Waals surface area contributed by atoms with Crippen LogP contribution in [0.3, 0.4) is 0 Å². The van der Waals surface area contributed by atoms with Gasteiger partial charge in [0.15, 0.2) is 0 Å². The molecule has 0 aliphatic carbocycles. The van der Waals surface area contributed by atoms with Gasteiger partial charge in [0.05, 0.1) is 10.5 Å². The molecule has 1 aromatic heterocycles. The topological polar surface area (TPSA) is 128 Å². The van der Waals surface area contributed by atoms with Gasteiger partial charge in [0.1, 0.15) is 5.00 Å². The van der Waals surface area contributed by atoms with Gasteiger partial charge in [-0.25, -0.2) is 13.2 Å². The molecule has 0 unspecified atom stereocenters. The van der Waals surface area contributed by atoms with E-state index in [1.54, 1.807) is 0 Å². The zero-order valence-electron chi connectivity index (χ0n) is 23.7. The molecule has 2 aliphatic heterocycles. The van der Waals surface area contributed by atoms with Gasteiger partial charge in [-0.05, 0) is 60.6 Å². The molecule has 4 amide bonds. The van der Waals surface area contributed by atoms with Crippen molar-refractivity contribution in [3.63, 3.8) is 0 Å². The number of nitrogens with one attached hydrogen (secondary N) is 3. The Balaban J connectivity index is 1.35. The molecule has 0 saturated carbocycles. The van der Waals surface area contributed by atoms with Crippen molar-refractivity contribution in [3.05, 3.63) is 81.7 Å². The molecule has 1 fully saturated rings. The second kappa shape index (κ2) is 12.7. The van der Waals surface area contributed by atoms with Crippen LogP contribution in [0.15, 0.2) is 59.5 Å². The van der Waals surface area contributed by atoms with Crippen molar-refractivity contribution in [3.8, 4) is 0 Å². The standard InChI is InChI=1S/C30H35N5O5S2/c1-20-12-16-35(17-13-20)42(39,40)23-10-8-22(9-11-23)27(36)32-29-26(28(37)33-30(38)31-2)24-14-15-34(19-25(24)41-29)18-21-6-4-3-5-7-21/h3-11,20H,12-19H2,1-2H3,(H,32,36)(H2,31,33,37,38). The van der Waals surface area contributed by atoms with E-state index >= 15 is 0 Å². The van der Waals surface area contributed by atoms with Gasteiger partial charge < -0.3 is 10.6 Å². The number of imide groups is 1. The van der Waals surface area contributed by atoms with E-state index in [0.29, 0.717) is 37.0 Å². The lowest BCUT2D eigenvalue weighted by Gasteiger charge is -2.29. The summed E-state index contributed by atoms with van der Waals surface area (Å²) in [4.78, 5) is 41.8. The molecule has 2 aliphatic rings. The molecule has 3 aromatic rings. The summed E-state index contributed by atoms with van der Waals surface area (Å²) in [6.07, 6.45) is 2.24. The van der Waals surface area contributed by atoms with Gasteiger partial charge in [-0.1, -0.05) is 37.3 Å². The van der Waals surface area contributed by atoms with E-state index in [-0.39, 0.29) is 16.0 Å². The second-order valence-corrected chi connectivity index (χ2v) is 13.8. The van der Waals surface area contributed by atoms with Crippen LogP contribution in [0.25, 0.3) is 0 Å². The molecule has 3 N–H and O–H groups in total. The lowest BCUT2D eigenvalue weighted by molar-refractivity contribution is 0.0964. The fourth-order valence-corrected chi connectivity index (χ4v) is 8.07. The summed E-state index contributed by atoms with van der Waals surface area (Å²) in [5.41, 5.74) is 2.54. The van der Waals surface area contributed by atoms with E-state index in [0.717, 1.165) is 36.4 Å². The first-order chi connectivity index (χ1) is 20.2. The quantitative estimate of drug-likeness (QED) is 0.371. The number of sulfonamides is 1. The number of anilines is 1. The Morgan fingerprint density at radius 3 is 2.31 bits per heavy atom. The molecule has 10 nitrogen and oxygen atoms in total. The highest BCUT2D eigenvalue weighted by molar-refractivity contribution is 7.89. The van der Waals surface area contributed by atoms with Crippen molar-refractivity contribution in [2.45, 2.75) is 44.2 Å². The molecule has 5 rings (SSSR count). The molecule has 0 atom stereocenters. The fourth-order valence-electron chi connectivity index (χ4n) is 5.32. The van der Waals surface area contributed by atoms with Crippen molar-refractivity contribution in [2.24, 2.45) is 5.92 Å². The van der Waals surface area contributed by atoms with Gasteiger partial charge in [-0.2, -0.15) is 4.31 Å². The number of carbonyl (C=O) groups excluding carboxylic acids is 3. The largest absolute Gasteiger partial charge is 0.341 e. The van der Waals surface area contributed by atoms with Crippen LogP contribution in [0.2, 0.25) is 0 Å². The Morgan fingerprint density at radius 1 is 0.952 bits per heavy atom. The summed E-state index contributed by atoms with van der Waals surface area (Å²) in [7, 11) is -2.22. The summed E-state index contributed by atoms with van der Waals surface area (Å²) >= 11 is 1.32. The monoisotopic (exact) mass is 609 g/mol. The van der Waals surface area contributed by atoms with E-state index in [4.69, 9.17) is 0 Å². The van der Waals surface area contributed by atoms with E-state index in [9.17, 15) is 22.8 Å². The SMILES string of the molecule is CNC(=O)NC(=O)c1c(NC(=O)c2ccc(S(=O)(=O)N3CCC(C)CC3)cc2)sc2c1CCN(Cc1ccccc1)C2. The van der Waals surface area contributed by atoms with Gasteiger partial charge in [0.25, 0.3) is 11.8 Å². The minimum absolute atomic E-state index is 0.143. The highest BCUT2D eigenvalue weighted by atomic mass is 32.2. The van der Waals surface area contributed by atoms with Crippen LogP contribution in [0.1, 0.15) is 56.5 Å². The first kappa shape index (κ1) is 29.9. The molecule has 0 spiro atoms. The average Bonchev–Trinajstić information content (AvgIpc) is 3.35. The molecular weight excluding hydrogens is 574 g/mol. The van der Waals surface area contributed by atoms with Crippen molar-refractivity contribution < 1.29 is 22.8 Å². The Bertz CT molecular complexity index is 1560. The minimum atomic E-state index is -3.64. The molecule has 12 heteroatoms. The highest BCUT2D eigenvalue weighted by Gasteiger charge is 2.31. The predicted octanol–water partition coefficient (Wildman–Crippen LogP) is 4.05. The van der Waals surface area contributed by atoms with Gasteiger partial charge >= 0.3 is 6.03 Å². The smallest absolute Gasteiger partial charge is 0.321 e. The minimum Gasteiger partial charge on any atom is -0.341 e. The summed E-state index contributed by atoms with van der Waals surface area (Å²) in [5.74, 6) is -0.559. The number of amides is 4. The number of hydrogen-bond acceptors (Lipinski definition) is 7. The lowest BCUT2D eigenvalue weighted by Crippen LogP contribution is -2.38. The zero-order chi connectivity index (χ0) is 29.9. The molecular formula is C30H35N5O5S2. The molecule has 2 aromatic carbocycles. The first-order valence-electron chi connectivity index (χ1n) is 14.0. The van der Waals surface area contributed by atoms with Crippen LogP contribution in [-0.4, -0.2) is 62.2 Å². The van der Waals surface area contributed by atoms with Gasteiger partial charge in [-0.15, -0.1) is 11.3 Å². The predicted molar refractivity (Wildman–Crippen MR) is 162 cm³/mol. The number of rotatable bonds is 7. The van der Waals surface area contributed by atoms with Crippen LogP contribution in [-0.2, 0) is 29.5 Å². The summed E-state index contributed by atoms with van der Waals surface area (Å²) in [5, 5.41) is 7.92. The number of fused-ring (bicyclic) bond motifs is 1. The summed E-state index contributed by atoms with van der Waals surface area (Å²) in [6, 6.07) is 15.3. The Hall–Kier alpha value is -3.58. The maximum Gasteiger partial charge on any atom is 0.321 e. The number of carbonyl (C=O) groups is 3. The first-order valence-corrected chi connectivity index (χ1v) is 16.3. The average molecular weight is 610 g/mol. The fraction of sp³-hybridized carbons (Fsp3) is 0.367. The van der Waals surface area contributed by atoms with E-state index in [2.05, 4.69) is 39.9 Å². The van der Waals surface area contributed by atoms with Crippen LogP contribution in [0.4, 0.5) is 9.80 Å². The van der Waals surface area contributed by atoms with Crippen LogP contribution in [0, 0.1) is 5.92 Å². The van der Waals surface area contributed by atoms with Crippen molar-refractivity contribution in [2.75, 3.05) is 32.0 Å². The normalized spacial score (nSPS) is 16.4. The van der Waals surface area contributed by atoms with Crippen molar-refractivity contribution >= 4 is 44.2 Å². The summed E-state index contributed by atoms with van der Waals surface area (Å²) < 4.78 is 27.7.